The number of aliphatic carboxylic acids is 1. The zero-order valence-electron chi connectivity index (χ0n) is 21.9. The summed E-state index contributed by atoms with van der Waals surface area (Å²) in [6, 6.07) is 22.0. The molecule has 1 N–H and O–H groups in total. The van der Waals surface area contributed by atoms with Crippen LogP contribution in [0.1, 0.15) is 66.7 Å². The Morgan fingerprint density at radius 3 is 2.27 bits per heavy atom. The number of halogens is 1. The minimum absolute atomic E-state index is 0.0374. The smallest absolute Gasteiger partial charge is 0.305 e. The SMILES string of the molecule is CC(C)(C)c1ccc(CN(CCC(=O)O)C(=O)c2ccc3c(c2)C[C@@](C)(Cc2ccc(Br)cc2)O3)cc1. The highest BCUT2D eigenvalue weighted by molar-refractivity contribution is 9.10. The average molecular weight is 565 g/mol. The molecular weight excluding hydrogens is 530 g/mol. The van der Waals surface area contributed by atoms with Crippen molar-refractivity contribution >= 4 is 27.8 Å². The summed E-state index contributed by atoms with van der Waals surface area (Å²) in [5.74, 6) is -0.302. The summed E-state index contributed by atoms with van der Waals surface area (Å²) in [5.41, 5.74) is 4.56. The van der Waals surface area contributed by atoms with E-state index in [1.807, 2.05) is 36.4 Å². The van der Waals surface area contributed by atoms with Gasteiger partial charge in [0.2, 0.25) is 0 Å². The third-order valence-corrected chi connectivity index (χ3v) is 7.32. The number of carbonyl (C=O) groups excluding carboxylic acids is 1. The number of hydrogen-bond donors (Lipinski definition) is 1. The Hall–Kier alpha value is -3.12. The van der Waals surface area contributed by atoms with Crippen LogP contribution < -0.4 is 4.74 Å². The molecule has 0 fully saturated rings. The molecule has 4 rings (SSSR count). The van der Waals surface area contributed by atoms with Crippen molar-refractivity contribution in [1.29, 1.82) is 0 Å². The largest absolute Gasteiger partial charge is 0.487 e. The van der Waals surface area contributed by atoms with Crippen LogP contribution >= 0.6 is 15.9 Å². The number of rotatable bonds is 8. The monoisotopic (exact) mass is 563 g/mol. The van der Waals surface area contributed by atoms with Crippen molar-refractivity contribution in [3.63, 3.8) is 0 Å². The third kappa shape index (κ3) is 6.80. The zero-order chi connectivity index (χ0) is 26.8. The van der Waals surface area contributed by atoms with Crippen molar-refractivity contribution in [2.24, 2.45) is 0 Å². The van der Waals surface area contributed by atoms with Crippen LogP contribution in [0.5, 0.6) is 5.75 Å². The maximum absolute atomic E-state index is 13.6. The highest BCUT2D eigenvalue weighted by atomic mass is 79.9. The molecule has 0 aromatic heterocycles. The number of carboxylic acids is 1. The van der Waals surface area contributed by atoms with E-state index in [1.54, 1.807) is 11.0 Å². The molecule has 0 spiro atoms. The summed E-state index contributed by atoms with van der Waals surface area (Å²) in [7, 11) is 0. The molecule has 1 aliphatic heterocycles. The van der Waals surface area contributed by atoms with E-state index in [2.05, 4.69) is 67.9 Å². The predicted molar refractivity (Wildman–Crippen MR) is 149 cm³/mol. The second-order valence-electron chi connectivity index (χ2n) is 11.2. The molecule has 0 unspecified atom stereocenters. The first kappa shape index (κ1) is 26.9. The van der Waals surface area contributed by atoms with Gasteiger partial charge in [-0.1, -0.05) is 73.1 Å². The lowest BCUT2D eigenvalue weighted by Gasteiger charge is -2.24. The molecule has 0 aliphatic carbocycles. The summed E-state index contributed by atoms with van der Waals surface area (Å²) >= 11 is 3.48. The number of fused-ring (bicyclic) bond motifs is 1. The van der Waals surface area contributed by atoms with Gasteiger partial charge in [-0.25, -0.2) is 0 Å². The third-order valence-electron chi connectivity index (χ3n) is 6.80. The van der Waals surface area contributed by atoms with Gasteiger partial charge in [0.25, 0.3) is 5.91 Å². The average Bonchev–Trinajstić information content (AvgIpc) is 3.17. The van der Waals surface area contributed by atoms with Gasteiger partial charge >= 0.3 is 5.97 Å². The second kappa shape index (κ2) is 10.7. The summed E-state index contributed by atoms with van der Waals surface area (Å²) in [4.78, 5) is 26.5. The molecule has 0 radical (unpaired) electrons. The standard InChI is InChI=1S/C31H34BrNO4/c1-30(2,3)25-10-5-22(6-11-25)20-33(16-15-28(34)35)29(36)23-9-14-27-24(17-23)19-31(4,37-27)18-21-7-12-26(32)13-8-21/h5-14,17H,15-16,18-20H2,1-4H3,(H,34,35)/t31-/m1/s1. The summed E-state index contributed by atoms with van der Waals surface area (Å²) < 4.78 is 7.36. The highest BCUT2D eigenvalue weighted by Gasteiger charge is 2.35. The van der Waals surface area contributed by atoms with Gasteiger partial charge in [-0.2, -0.15) is 0 Å². The minimum Gasteiger partial charge on any atom is -0.487 e. The molecule has 1 atom stereocenters. The van der Waals surface area contributed by atoms with E-state index in [9.17, 15) is 14.7 Å². The molecular formula is C31H34BrNO4. The molecule has 0 saturated carbocycles. The molecule has 5 nitrogen and oxygen atoms in total. The van der Waals surface area contributed by atoms with Crippen LogP contribution in [0.3, 0.4) is 0 Å². The van der Waals surface area contributed by atoms with Crippen LogP contribution in [-0.4, -0.2) is 34.0 Å². The Labute approximate surface area is 227 Å². The Morgan fingerprint density at radius 2 is 1.65 bits per heavy atom. The lowest BCUT2D eigenvalue weighted by atomic mass is 9.87. The lowest BCUT2D eigenvalue weighted by Crippen LogP contribution is -2.33. The number of hydrogen-bond acceptors (Lipinski definition) is 3. The van der Waals surface area contributed by atoms with Crippen LogP contribution in [0.25, 0.3) is 0 Å². The topological polar surface area (TPSA) is 66.8 Å². The molecule has 1 aliphatic rings. The van der Waals surface area contributed by atoms with Crippen LogP contribution in [0.4, 0.5) is 0 Å². The van der Waals surface area contributed by atoms with E-state index in [1.165, 1.54) is 11.1 Å². The highest BCUT2D eigenvalue weighted by Crippen LogP contribution is 2.38. The summed E-state index contributed by atoms with van der Waals surface area (Å²) in [5, 5.41) is 9.27. The molecule has 6 heteroatoms. The fourth-order valence-electron chi connectivity index (χ4n) is 4.78. The van der Waals surface area contributed by atoms with Crippen LogP contribution in [-0.2, 0) is 29.6 Å². The molecule has 3 aromatic carbocycles. The zero-order valence-corrected chi connectivity index (χ0v) is 23.5. The fraction of sp³-hybridized carbons (Fsp3) is 0.355. The van der Waals surface area contributed by atoms with Gasteiger partial charge in [-0.15, -0.1) is 0 Å². The number of ether oxygens (including phenoxy) is 1. The van der Waals surface area contributed by atoms with Crippen LogP contribution in [0.2, 0.25) is 0 Å². The first-order valence-corrected chi connectivity index (χ1v) is 13.4. The van der Waals surface area contributed by atoms with E-state index in [0.717, 1.165) is 27.8 Å². The van der Waals surface area contributed by atoms with Crippen molar-refractivity contribution in [3.8, 4) is 5.75 Å². The van der Waals surface area contributed by atoms with Crippen LogP contribution in [0, 0.1) is 0 Å². The fourth-order valence-corrected chi connectivity index (χ4v) is 5.05. The van der Waals surface area contributed by atoms with E-state index in [0.29, 0.717) is 18.5 Å². The number of nitrogens with zero attached hydrogens (tertiary/aromatic N) is 1. The van der Waals surface area contributed by atoms with Gasteiger partial charge in [0.1, 0.15) is 11.4 Å². The van der Waals surface area contributed by atoms with Crippen molar-refractivity contribution in [3.05, 3.63) is 99.0 Å². The Bertz CT molecular complexity index is 1280. The molecule has 1 amide bonds. The van der Waals surface area contributed by atoms with Gasteiger partial charge in [0.05, 0.1) is 6.42 Å². The quantitative estimate of drug-likeness (QED) is 0.327. The molecule has 1 heterocycles. The maximum Gasteiger partial charge on any atom is 0.305 e. The lowest BCUT2D eigenvalue weighted by molar-refractivity contribution is -0.137. The Kier molecular flexibility index (Phi) is 7.79. The summed E-state index contributed by atoms with van der Waals surface area (Å²) in [6.45, 7) is 9.07. The van der Waals surface area contributed by atoms with Gasteiger partial charge in [-0.05, 0) is 64.9 Å². The van der Waals surface area contributed by atoms with E-state index < -0.39 is 11.6 Å². The normalized spacial score (nSPS) is 16.7. The number of amides is 1. The van der Waals surface area contributed by atoms with E-state index >= 15 is 0 Å². The molecule has 194 valence electrons. The Balaban J connectivity index is 1.51. The molecule has 0 saturated heterocycles. The van der Waals surface area contributed by atoms with Crippen molar-refractivity contribution < 1.29 is 19.4 Å². The van der Waals surface area contributed by atoms with Crippen molar-refractivity contribution in [2.45, 2.75) is 64.5 Å². The van der Waals surface area contributed by atoms with Crippen molar-refractivity contribution in [2.75, 3.05) is 6.54 Å². The molecule has 37 heavy (non-hydrogen) atoms. The minimum atomic E-state index is -0.924. The van der Waals surface area contributed by atoms with Gasteiger partial charge < -0.3 is 14.7 Å². The number of benzene rings is 3. The van der Waals surface area contributed by atoms with E-state index in [4.69, 9.17) is 4.74 Å². The number of carboxylic acid groups (broad SMARTS) is 1. The maximum atomic E-state index is 13.6. The first-order chi connectivity index (χ1) is 17.4. The summed E-state index contributed by atoms with van der Waals surface area (Å²) in [6.07, 6.45) is 1.35. The van der Waals surface area contributed by atoms with Gasteiger partial charge in [0.15, 0.2) is 0 Å². The first-order valence-electron chi connectivity index (χ1n) is 12.6. The second-order valence-corrected chi connectivity index (χ2v) is 12.1. The van der Waals surface area contributed by atoms with Gasteiger partial charge in [-0.3, -0.25) is 9.59 Å². The van der Waals surface area contributed by atoms with Crippen LogP contribution in [0.15, 0.2) is 71.2 Å². The molecule has 0 bridgehead atoms. The van der Waals surface area contributed by atoms with Gasteiger partial charge in [0, 0.05) is 36.0 Å². The molecule has 3 aromatic rings. The van der Waals surface area contributed by atoms with Crippen molar-refractivity contribution in [1.82, 2.24) is 4.90 Å². The Morgan fingerprint density at radius 1 is 1.00 bits per heavy atom. The number of carbonyl (C=O) groups is 2. The van der Waals surface area contributed by atoms with E-state index in [-0.39, 0.29) is 24.3 Å². The predicted octanol–water partition coefficient (Wildman–Crippen LogP) is 6.80.